The predicted molar refractivity (Wildman–Crippen MR) is 173 cm³/mol. The van der Waals surface area contributed by atoms with Crippen molar-refractivity contribution in [3.63, 3.8) is 0 Å². The highest BCUT2D eigenvalue weighted by atomic mass is 79.9. The minimum atomic E-state index is -0.783. The molecule has 4 rings (SSSR count). The summed E-state index contributed by atoms with van der Waals surface area (Å²) in [6.07, 6.45) is 1.45. The Hall–Kier alpha value is -4.26. The molecule has 1 aliphatic heterocycles. The zero-order valence-corrected chi connectivity index (χ0v) is 27.5. The maximum Gasteiger partial charge on any atom is 0.338 e. The van der Waals surface area contributed by atoms with Gasteiger partial charge in [-0.05, 0) is 67.4 Å². The van der Waals surface area contributed by atoms with Crippen molar-refractivity contribution < 1.29 is 33.3 Å². The second-order valence-electron chi connectivity index (χ2n) is 9.50. The highest BCUT2D eigenvalue weighted by molar-refractivity contribution is 9.10. The van der Waals surface area contributed by atoms with E-state index in [1.54, 1.807) is 56.3 Å². The molecule has 3 aromatic rings. The van der Waals surface area contributed by atoms with Gasteiger partial charge in [0.25, 0.3) is 5.91 Å². The SMILES string of the molecule is CCOC(=O)C1=C(C)NC(=O)N[C@@H]1c1ccc(OCC(=O)N/N=C\c2cc(Br)ccc2OCc2ccc(Cl)c(Cl)c2)c(OC)c1. The molecule has 0 bridgehead atoms. The smallest absolute Gasteiger partial charge is 0.338 e. The van der Waals surface area contributed by atoms with E-state index < -0.39 is 23.9 Å². The Kier molecular flexibility index (Phi) is 11.7. The van der Waals surface area contributed by atoms with Crippen molar-refractivity contribution in [2.75, 3.05) is 20.3 Å². The van der Waals surface area contributed by atoms with Gasteiger partial charge in [0.2, 0.25) is 0 Å². The van der Waals surface area contributed by atoms with Crippen LogP contribution in [0.1, 0.15) is 36.6 Å². The number of hydrogen-bond donors (Lipinski definition) is 3. The average Bonchev–Trinajstić information content (AvgIpc) is 3.00. The van der Waals surface area contributed by atoms with Crippen LogP contribution in [-0.4, -0.2) is 44.4 Å². The first-order valence-electron chi connectivity index (χ1n) is 13.5. The molecule has 45 heavy (non-hydrogen) atoms. The van der Waals surface area contributed by atoms with Crippen molar-refractivity contribution in [1.82, 2.24) is 16.1 Å². The maximum absolute atomic E-state index is 12.6. The second-order valence-corrected chi connectivity index (χ2v) is 11.2. The molecule has 0 spiro atoms. The van der Waals surface area contributed by atoms with E-state index >= 15 is 0 Å². The summed E-state index contributed by atoms with van der Waals surface area (Å²) in [4.78, 5) is 37.3. The Bertz CT molecular complexity index is 1660. The van der Waals surface area contributed by atoms with Crippen molar-refractivity contribution in [3.8, 4) is 17.2 Å². The number of methoxy groups -OCH3 is 1. The molecule has 1 aliphatic rings. The molecule has 0 radical (unpaired) electrons. The van der Waals surface area contributed by atoms with Crippen molar-refractivity contribution in [2.45, 2.75) is 26.5 Å². The van der Waals surface area contributed by atoms with Crippen LogP contribution in [0, 0.1) is 0 Å². The number of ether oxygens (including phenoxy) is 4. The molecule has 11 nitrogen and oxygen atoms in total. The molecule has 0 fully saturated rings. The molecule has 0 unspecified atom stereocenters. The van der Waals surface area contributed by atoms with Gasteiger partial charge in [-0.15, -0.1) is 0 Å². The number of nitrogens with zero attached hydrogens (tertiary/aromatic N) is 1. The van der Waals surface area contributed by atoms with Gasteiger partial charge in [0, 0.05) is 15.7 Å². The van der Waals surface area contributed by atoms with E-state index in [0.717, 1.165) is 10.0 Å². The van der Waals surface area contributed by atoms with Gasteiger partial charge in [-0.3, -0.25) is 4.79 Å². The van der Waals surface area contributed by atoms with Crippen LogP contribution in [0.15, 0.2) is 75.4 Å². The molecule has 0 aromatic heterocycles. The molecule has 1 atom stereocenters. The first kappa shape index (κ1) is 33.6. The van der Waals surface area contributed by atoms with Crippen LogP contribution >= 0.6 is 39.1 Å². The Balaban J connectivity index is 1.39. The lowest BCUT2D eigenvalue weighted by molar-refractivity contribution is -0.139. The van der Waals surface area contributed by atoms with Crippen molar-refractivity contribution in [3.05, 3.63) is 97.1 Å². The molecule has 3 aromatic carbocycles. The number of hydrazone groups is 1. The van der Waals surface area contributed by atoms with E-state index in [4.69, 9.17) is 42.1 Å². The molecule has 0 saturated carbocycles. The lowest BCUT2D eigenvalue weighted by Crippen LogP contribution is -2.45. The van der Waals surface area contributed by atoms with Crippen molar-refractivity contribution in [1.29, 1.82) is 0 Å². The Morgan fingerprint density at radius 2 is 1.80 bits per heavy atom. The lowest BCUT2D eigenvalue weighted by Gasteiger charge is -2.28. The van der Waals surface area contributed by atoms with Crippen LogP contribution in [0.25, 0.3) is 0 Å². The summed E-state index contributed by atoms with van der Waals surface area (Å²) in [6, 6.07) is 14.2. The molecule has 14 heteroatoms. The van der Waals surface area contributed by atoms with Gasteiger partial charge < -0.3 is 29.6 Å². The average molecular weight is 720 g/mol. The van der Waals surface area contributed by atoms with Crippen LogP contribution in [-0.2, 0) is 20.9 Å². The lowest BCUT2D eigenvalue weighted by atomic mass is 9.95. The summed E-state index contributed by atoms with van der Waals surface area (Å²) >= 11 is 15.5. The van der Waals surface area contributed by atoms with Crippen LogP contribution < -0.4 is 30.3 Å². The predicted octanol–water partition coefficient (Wildman–Crippen LogP) is 6.06. The van der Waals surface area contributed by atoms with Gasteiger partial charge >= 0.3 is 12.0 Å². The van der Waals surface area contributed by atoms with E-state index in [0.29, 0.717) is 32.6 Å². The van der Waals surface area contributed by atoms with Crippen LogP contribution in [0.4, 0.5) is 4.79 Å². The third-order valence-corrected chi connectivity index (χ3v) is 7.62. The minimum absolute atomic E-state index is 0.177. The fourth-order valence-electron chi connectivity index (χ4n) is 4.30. The number of rotatable bonds is 12. The first-order chi connectivity index (χ1) is 21.6. The third kappa shape index (κ3) is 8.90. The van der Waals surface area contributed by atoms with E-state index in [1.165, 1.54) is 13.3 Å². The van der Waals surface area contributed by atoms with E-state index in [1.807, 2.05) is 12.1 Å². The molecular weight excluding hydrogens is 691 g/mol. The summed E-state index contributed by atoms with van der Waals surface area (Å²) in [5.74, 6) is 0.000228. The fourth-order valence-corrected chi connectivity index (χ4v) is 5.00. The number of hydrogen-bond acceptors (Lipinski definition) is 8. The number of carbonyl (C=O) groups excluding carboxylic acids is 3. The topological polar surface area (TPSA) is 137 Å². The molecule has 3 N–H and O–H groups in total. The van der Waals surface area contributed by atoms with Crippen molar-refractivity contribution in [2.24, 2.45) is 5.10 Å². The highest BCUT2D eigenvalue weighted by Crippen LogP contribution is 2.34. The third-order valence-electron chi connectivity index (χ3n) is 6.39. The quantitative estimate of drug-likeness (QED) is 0.118. The zero-order chi connectivity index (χ0) is 32.5. The molecular formula is C31H29BrCl2N4O7. The number of urea groups is 1. The zero-order valence-electron chi connectivity index (χ0n) is 24.4. The van der Waals surface area contributed by atoms with E-state index in [-0.39, 0.29) is 36.9 Å². The summed E-state index contributed by atoms with van der Waals surface area (Å²) in [7, 11) is 1.43. The Morgan fingerprint density at radius 1 is 1.02 bits per heavy atom. The number of nitrogens with one attached hydrogen (secondary N) is 3. The Labute approximate surface area is 278 Å². The van der Waals surface area contributed by atoms with Gasteiger partial charge in [0.1, 0.15) is 12.4 Å². The van der Waals surface area contributed by atoms with Crippen molar-refractivity contribution >= 4 is 63.3 Å². The molecule has 0 saturated heterocycles. The molecule has 236 valence electrons. The van der Waals surface area contributed by atoms with Crippen LogP contribution in [0.2, 0.25) is 10.0 Å². The summed E-state index contributed by atoms with van der Waals surface area (Å²) in [5.41, 5.74) is 5.06. The normalized spacial score (nSPS) is 14.4. The van der Waals surface area contributed by atoms with Gasteiger partial charge in [0.05, 0.1) is 41.6 Å². The fraction of sp³-hybridized carbons (Fsp3) is 0.226. The second kappa shape index (κ2) is 15.6. The standard InChI is InChI=1S/C31H29BrCl2N4O7/c1-4-43-30(40)28-17(2)36-31(41)37-29(28)19-6-9-25(26(13-19)42-3)45-16-27(39)38-35-14-20-12-21(32)7-10-24(20)44-15-18-5-8-22(33)23(34)11-18/h5-14,29H,4,15-16H2,1-3H3,(H,38,39)(H2,36,37,41)/b35-14-/t29-/m1/s1. The number of esters is 1. The molecule has 0 aliphatic carbocycles. The summed E-state index contributed by atoms with van der Waals surface area (Å²) < 4.78 is 23.0. The van der Waals surface area contributed by atoms with E-state index in [9.17, 15) is 14.4 Å². The largest absolute Gasteiger partial charge is 0.493 e. The first-order valence-corrected chi connectivity index (χ1v) is 15.1. The minimum Gasteiger partial charge on any atom is -0.493 e. The molecule has 1 heterocycles. The van der Waals surface area contributed by atoms with Gasteiger partial charge in [0.15, 0.2) is 18.1 Å². The number of amides is 3. The maximum atomic E-state index is 12.6. The van der Waals surface area contributed by atoms with Crippen LogP contribution in [0.3, 0.4) is 0 Å². The number of benzene rings is 3. The number of allylic oxidation sites excluding steroid dienone is 1. The summed E-state index contributed by atoms with van der Waals surface area (Å²) in [6.45, 7) is 3.36. The molecule has 3 amide bonds. The number of carbonyl (C=O) groups is 3. The number of halogens is 3. The van der Waals surface area contributed by atoms with Gasteiger partial charge in [-0.25, -0.2) is 15.0 Å². The highest BCUT2D eigenvalue weighted by Gasteiger charge is 2.32. The van der Waals surface area contributed by atoms with Gasteiger partial charge in [-0.2, -0.15) is 5.10 Å². The van der Waals surface area contributed by atoms with Gasteiger partial charge in [-0.1, -0.05) is 51.3 Å². The Morgan fingerprint density at radius 3 is 2.53 bits per heavy atom. The monoisotopic (exact) mass is 718 g/mol. The van der Waals surface area contributed by atoms with Crippen LogP contribution in [0.5, 0.6) is 17.2 Å². The summed E-state index contributed by atoms with van der Waals surface area (Å²) in [5, 5.41) is 10.2. The van der Waals surface area contributed by atoms with E-state index in [2.05, 4.69) is 37.1 Å².